The lowest BCUT2D eigenvalue weighted by Crippen LogP contribution is -2.17. The van der Waals surface area contributed by atoms with Crippen LogP contribution in [-0.2, 0) is 16.2 Å². The molecule has 22 aromatic carbocycles. The van der Waals surface area contributed by atoms with E-state index < -0.39 is 0 Å². The van der Waals surface area contributed by atoms with Gasteiger partial charge in [-0.15, -0.1) is 0 Å². The second kappa shape index (κ2) is 32.0. The third-order valence-corrected chi connectivity index (χ3v) is 31.2. The van der Waals surface area contributed by atoms with E-state index in [9.17, 15) is 0 Å². The van der Waals surface area contributed by atoms with Crippen LogP contribution in [0.15, 0.2) is 468 Å². The number of benzene rings is 22. The zero-order valence-electron chi connectivity index (χ0n) is 78.9. The Morgan fingerprint density at radius 2 is 0.366 bits per heavy atom. The van der Waals surface area contributed by atoms with Crippen LogP contribution in [0.25, 0.3) is 198 Å². The fraction of sp³-hybridized carbons (Fsp3) is 0.0735. The Kier molecular flexibility index (Phi) is 18.9. The summed E-state index contributed by atoms with van der Waals surface area (Å²) in [7, 11) is 0. The summed E-state index contributed by atoms with van der Waals surface area (Å²) in [4.78, 5) is 7.43. The topological polar surface area (TPSA) is 49.1 Å². The molecule has 0 atom stereocenters. The number of nitrogens with zero attached hydrogens (tertiary/aromatic N) is 3. The average molecular weight is 1820 g/mol. The van der Waals surface area contributed by atoms with E-state index in [0.717, 1.165) is 150 Å². The molecule has 674 valence electrons. The van der Waals surface area contributed by atoms with Crippen LogP contribution in [-0.4, -0.2) is 0 Å². The first kappa shape index (κ1) is 83.8. The smallest absolute Gasteiger partial charge is 0.135 e. The van der Waals surface area contributed by atoms with Crippen molar-refractivity contribution in [3.05, 3.63) is 488 Å². The fourth-order valence-electron chi connectivity index (χ4n) is 23.9. The van der Waals surface area contributed by atoms with E-state index in [1.165, 1.54) is 132 Å². The van der Waals surface area contributed by atoms with E-state index >= 15 is 0 Å². The van der Waals surface area contributed by atoms with Crippen LogP contribution < -0.4 is 14.7 Å². The van der Waals surface area contributed by atoms with Crippen LogP contribution in [0.1, 0.15) is 82.3 Å². The molecule has 0 spiro atoms. The van der Waals surface area contributed by atoms with E-state index in [4.69, 9.17) is 13.3 Å². The Hall–Kier alpha value is -17.6. The van der Waals surface area contributed by atoms with Gasteiger partial charge in [-0.05, 0) is 332 Å². The van der Waals surface area contributed by atoms with E-state index in [2.05, 4.69) is 493 Å². The quantitative estimate of drug-likeness (QED) is 0.102. The molecular formula is C136H97N3O3. The van der Waals surface area contributed by atoms with E-state index in [-0.39, 0.29) is 23.7 Å². The predicted molar refractivity (Wildman–Crippen MR) is 597 cm³/mol. The zero-order chi connectivity index (χ0) is 93.8. The summed E-state index contributed by atoms with van der Waals surface area (Å²) in [5, 5.41) is 13.8. The van der Waals surface area contributed by atoms with Crippen molar-refractivity contribution in [2.45, 2.75) is 65.2 Å². The number of hydrogen-bond donors (Lipinski definition) is 0. The molecule has 0 saturated carbocycles. The minimum absolute atomic E-state index is 0. The summed E-state index contributed by atoms with van der Waals surface area (Å²) in [6, 6.07) is 169. The Morgan fingerprint density at radius 3 is 0.655 bits per heavy atom. The van der Waals surface area contributed by atoms with Gasteiger partial charge in [0.1, 0.15) is 33.5 Å². The molecular weight excluding hydrogens is 1720 g/mol. The van der Waals surface area contributed by atoms with E-state index in [1.54, 1.807) is 0 Å². The molecule has 3 aliphatic rings. The van der Waals surface area contributed by atoms with Crippen molar-refractivity contribution in [2.75, 3.05) is 14.7 Å². The van der Waals surface area contributed by atoms with E-state index in [1.807, 2.05) is 18.2 Å². The molecule has 3 aromatic heterocycles. The van der Waals surface area contributed by atoms with Gasteiger partial charge in [-0.25, -0.2) is 0 Å². The van der Waals surface area contributed by atoms with Crippen LogP contribution >= 0.6 is 0 Å². The molecule has 3 heterocycles. The summed E-state index contributed by atoms with van der Waals surface area (Å²) >= 11 is 0. The van der Waals surface area contributed by atoms with Gasteiger partial charge in [0, 0.05) is 98.8 Å². The molecule has 25 aromatic rings. The predicted octanol–water partition coefficient (Wildman–Crippen LogP) is 38.8. The van der Waals surface area contributed by atoms with Gasteiger partial charge in [0.05, 0.1) is 17.1 Å². The number of hydrogen-bond acceptors (Lipinski definition) is 6. The van der Waals surface area contributed by atoms with Crippen molar-refractivity contribution in [2.24, 2.45) is 0 Å². The Morgan fingerprint density at radius 1 is 0.155 bits per heavy atom. The summed E-state index contributed by atoms with van der Waals surface area (Å²) < 4.78 is 18.9. The van der Waals surface area contributed by atoms with Gasteiger partial charge in [-0.1, -0.05) is 322 Å². The number of anilines is 9. The summed E-state index contributed by atoms with van der Waals surface area (Å²) in [5.74, 6) is 0. The lowest BCUT2D eigenvalue weighted by atomic mass is 9.81. The van der Waals surface area contributed by atoms with Gasteiger partial charge >= 0.3 is 0 Å². The fourth-order valence-corrected chi connectivity index (χ4v) is 23.9. The maximum Gasteiger partial charge on any atom is 0.135 e. The summed E-state index contributed by atoms with van der Waals surface area (Å²) in [6.45, 7) is 14.4. The molecule has 0 radical (unpaired) electrons. The Bertz CT molecular complexity index is 8650. The molecule has 142 heavy (non-hydrogen) atoms. The third-order valence-electron chi connectivity index (χ3n) is 31.2. The molecule has 3 aliphatic carbocycles. The number of para-hydroxylation sites is 3. The SMILES string of the molecule is C.CC1(C)c2cc(-c3ccc4oc5ccccc5c4c3)ccc2-c2ccc(N(c3ccc(-c4cc(-c5ccc(N(c6ccc7c(c6)C(C)(C)c6cc(-c8ccc9oc%10ccccc%10c9c8)ccc6-7)c6cccc7ccccc67)cc5)cc(-c5ccc(N(c6ccc7c(c6)C(C)(C)c6cc(-c8ccc9oc%10ccccc%10c9c8)ccc6-7)c6cccc7ccccc67)cc5)c4)cc3)c3cccc4ccccc34)cc21. The third kappa shape index (κ3) is 13.2. The molecule has 0 bridgehead atoms. The largest absolute Gasteiger partial charge is 0.456 e. The normalized spacial score (nSPS) is 13.4. The first-order valence-electron chi connectivity index (χ1n) is 49.0. The Balaban J connectivity index is 0.0000101. The van der Waals surface area contributed by atoms with Crippen molar-refractivity contribution in [3.63, 3.8) is 0 Å². The monoisotopic (exact) mass is 1820 g/mol. The van der Waals surface area contributed by atoms with Gasteiger partial charge in [0.15, 0.2) is 0 Å². The van der Waals surface area contributed by atoms with Crippen molar-refractivity contribution in [1.29, 1.82) is 0 Å². The molecule has 0 N–H and O–H groups in total. The minimum atomic E-state index is -0.321. The van der Waals surface area contributed by atoms with E-state index in [0.29, 0.717) is 0 Å². The average Bonchev–Trinajstić information content (AvgIpc) is 1.57. The lowest BCUT2D eigenvalue weighted by Gasteiger charge is -2.29. The molecule has 0 fully saturated rings. The van der Waals surface area contributed by atoms with Gasteiger partial charge in [-0.3, -0.25) is 0 Å². The first-order chi connectivity index (χ1) is 69.1. The molecule has 28 rings (SSSR count). The molecule has 0 unspecified atom stereocenters. The van der Waals surface area contributed by atoms with Gasteiger partial charge < -0.3 is 28.0 Å². The highest BCUT2D eigenvalue weighted by Gasteiger charge is 2.41. The summed E-state index contributed by atoms with van der Waals surface area (Å²) in [5.41, 5.74) is 43.3. The summed E-state index contributed by atoms with van der Waals surface area (Å²) in [6.07, 6.45) is 0. The van der Waals surface area contributed by atoms with Crippen LogP contribution in [0.4, 0.5) is 51.2 Å². The van der Waals surface area contributed by atoms with Crippen LogP contribution in [0.5, 0.6) is 0 Å². The molecule has 0 amide bonds. The molecule has 6 nitrogen and oxygen atoms in total. The molecule has 0 aliphatic heterocycles. The standard InChI is InChI=1S/C135H93N3O3.CH4/c1-133(2)118-76-91(88-49-67-130-115(73-88)112-31-13-16-37-127(112)139-130)46-61-106(118)109-64-58-100(79-121(109)133)136(124-34-19-25-85-22-7-10-28-103(85)124)97-52-40-82(41-53-97)94-70-95(83-42-54-98(55-43-83)137(125-35-20-26-86-23-8-11-29-104(86)125)101-59-65-110-107-62-47-92(77-119(107)134(3,4)122(110)80-101)89-50-68-131-116(74-89)113-32-14-17-38-128(113)140-131)72-96(71-94)84-44-56-99(57-45-84)138(126-36-21-27-87-24-9-12-30-105(87)126)102-60-66-111-108-63-48-93(78-120(108)135(5,6)123(111)81-102)90-51-69-132-117(75-90)114-33-15-18-39-129(114)141-132;/h7-81H,1-6H3;1H4. The maximum atomic E-state index is 6.31. The number of rotatable bonds is 15. The Labute approximate surface area is 825 Å². The van der Waals surface area contributed by atoms with Crippen molar-refractivity contribution in [1.82, 2.24) is 0 Å². The first-order valence-corrected chi connectivity index (χ1v) is 49.0. The van der Waals surface area contributed by atoms with Gasteiger partial charge in [0.2, 0.25) is 0 Å². The van der Waals surface area contributed by atoms with Crippen molar-refractivity contribution >= 4 is 149 Å². The highest BCUT2D eigenvalue weighted by atomic mass is 16.3. The van der Waals surface area contributed by atoms with Crippen molar-refractivity contribution in [3.8, 4) is 100 Å². The zero-order valence-corrected chi connectivity index (χ0v) is 78.9. The van der Waals surface area contributed by atoms with Crippen LogP contribution in [0.2, 0.25) is 0 Å². The molecule has 6 heteroatoms. The maximum absolute atomic E-state index is 6.31. The van der Waals surface area contributed by atoms with Gasteiger partial charge in [0.25, 0.3) is 0 Å². The minimum Gasteiger partial charge on any atom is -0.456 e. The van der Waals surface area contributed by atoms with Crippen molar-refractivity contribution < 1.29 is 13.3 Å². The second-order valence-corrected chi connectivity index (χ2v) is 40.2. The lowest BCUT2D eigenvalue weighted by molar-refractivity contribution is 0.660. The van der Waals surface area contributed by atoms with Crippen LogP contribution in [0.3, 0.4) is 0 Å². The van der Waals surface area contributed by atoms with Crippen LogP contribution in [0, 0.1) is 0 Å². The second-order valence-electron chi connectivity index (χ2n) is 40.2. The molecule has 0 saturated heterocycles. The highest BCUT2D eigenvalue weighted by Crippen LogP contribution is 2.58. The number of furan rings is 3. The number of fused-ring (bicyclic) bond motifs is 21. The highest BCUT2D eigenvalue weighted by molar-refractivity contribution is 6.11. The van der Waals surface area contributed by atoms with Gasteiger partial charge in [-0.2, -0.15) is 0 Å².